The highest BCUT2D eigenvalue weighted by Gasteiger charge is 2.37. The van der Waals surface area contributed by atoms with E-state index < -0.39 is 5.79 Å². The van der Waals surface area contributed by atoms with E-state index in [1.807, 2.05) is 10.8 Å². The molecule has 4 nitrogen and oxygen atoms in total. The molecule has 5 heteroatoms. The van der Waals surface area contributed by atoms with Crippen LogP contribution >= 0.6 is 12.4 Å². The fraction of sp³-hybridized carbons (Fsp3) is 0.278. The molecule has 0 bridgehead atoms. The van der Waals surface area contributed by atoms with Crippen molar-refractivity contribution in [2.45, 2.75) is 18.8 Å². The molecule has 3 aromatic rings. The molecule has 0 atom stereocenters. The molecule has 0 spiro atoms. The molecule has 120 valence electrons. The van der Waals surface area contributed by atoms with Crippen LogP contribution in [0.4, 0.5) is 0 Å². The molecule has 1 aliphatic rings. The van der Waals surface area contributed by atoms with Crippen LogP contribution in [-0.2, 0) is 21.8 Å². The van der Waals surface area contributed by atoms with Crippen molar-refractivity contribution < 1.29 is 9.47 Å². The van der Waals surface area contributed by atoms with Crippen LogP contribution in [0.1, 0.15) is 12.0 Å². The minimum atomic E-state index is -0.733. The Kier molecular flexibility index (Phi) is 4.66. The lowest BCUT2D eigenvalue weighted by molar-refractivity contribution is -0.283. The van der Waals surface area contributed by atoms with Gasteiger partial charge in [-0.15, -0.1) is 12.4 Å². The highest BCUT2D eigenvalue weighted by Crippen LogP contribution is 2.34. The molecule has 1 aromatic heterocycles. The quantitative estimate of drug-likeness (QED) is 0.734. The van der Waals surface area contributed by atoms with Gasteiger partial charge in [-0.2, -0.15) is 0 Å². The van der Waals surface area contributed by atoms with Gasteiger partial charge in [0.15, 0.2) is 0 Å². The highest BCUT2D eigenvalue weighted by atomic mass is 35.5. The Balaban J connectivity index is 0.00000156. The number of hydrogen-bond acceptors (Lipinski definition) is 3. The third kappa shape index (κ3) is 3.11. The van der Waals surface area contributed by atoms with Gasteiger partial charge in [0.25, 0.3) is 0 Å². The van der Waals surface area contributed by atoms with Crippen LogP contribution in [0, 0.1) is 0 Å². The fourth-order valence-corrected chi connectivity index (χ4v) is 2.97. The predicted molar refractivity (Wildman–Crippen MR) is 91.6 cm³/mol. The summed E-state index contributed by atoms with van der Waals surface area (Å²) in [7, 11) is 0. The maximum atomic E-state index is 6.10. The van der Waals surface area contributed by atoms with E-state index >= 15 is 0 Å². The molecule has 1 fully saturated rings. The van der Waals surface area contributed by atoms with E-state index in [-0.39, 0.29) is 12.4 Å². The van der Waals surface area contributed by atoms with Crippen LogP contribution in [0.3, 0.4) is 0 Å². The van der Waals surface area contributed by atoms with Gasteiger partial charge >= 0.3 is 0 Å². The van der Waals surface area contributed by atoms with E-state index in [0.29, 0.717) is 19.8 Å². The Labute approximate surface area is 141 Å². The first kappa shape index (κ1) is 16.0. The molecule has 4 rings (SSSR count). The van der Waals surface area contributed by atoms with Crippen molar-refractivity contribution in [1.82, 2.24) is 9.55 Å². The summed E-state index contributed by atoms with van der Waals surface area (Å²) in [6, 6.07) is 14.7. The summed E-state index contributed by atoms with van der Waals surface area (Å²) in [5.41, 5.74) is 1.06. The van der Waals surface area contributed by atoms with Crippen molar-refractivity contribution in [1.29, 1.82) is 0 Å². The first-order chi connectivity index (χ1) is 10.9. The minimum Gasteiger partial charge on any atom is -0.344 e. The van der Waals surface area contributed by atoms with Gasteiger partial charge in [-0.1, -0.05) is 36.4 Å². The van der Waals surface area contributed by atoms with Crippen LogP contribution in [0.15, 0.2) is 61.2 Å². The van der Waals surface area contributed by atoms with Gasteiger partial charge in [0.05, 0.1) is 26.1 Å². The van der Waals surface area contributed by atoms with Crippen molar-refractivity contribution in [2.24, 2.45) is 0 Å². The van der Waals surface area contributed by atoms with E-state index in [2.05, 4.69) is 47.4 Å². The summed E-state index contributed by atoms with van der Waals surface area (Å²) in [5.74, 6) is -0.733. The number of hydrogen-bond donors (Lipinski definition) is 0. The Hall–Kier alpha value is -1.88. The monoisotopic (exact) mass is 330 g/mol. The number of imidazole rings is 1. The first-order valence-electron chi connectivity index (χ1n) is 7.59. The van der Waals surface area contributed by atoms with Crippen molar-refractivity contribution in [3.05, 3.63) is 66.7 Å². The minimum absolute atomic E-state index is 0. The number of halogens is 1. The second kappa shape index (κ2) is 6.71. The summed E-state index contributed by atoms with van der Waals surface area (Å²) in [5, 5.41) is 2.42. The van der Waals surface area contributed by atoms with Crippen molar-refractivity contribution in [3.8, 4) is 0 Å². The zero-order valence-electron chi connectivity index (χ0n) is 12.7. The van der Waals surface area contributed by atoms with Gasteiger partial charge in [0, 0.05) is 18.0 Å². The number of benzene rings is 2. The molecule has 2 aromatic carbocycles. The second-order valence-corrected chi connectivity index (χ2v) is 5.60. The van der Waals surface area contributed by atoms with Crippen LogP contribution < -0.4 is 0 Å². The molecular weight excluding hydrogens is 312 g/mol. The molecular formula is C18H19ClN2O2. The van der Waals surface area contributed by atoms with Gasteiger partial charge in [-0.3, -0.25) is 0 Å². The lowest BCUT2D eigenvalue weighted by atomic mass is 10.00. The van der Waals surface area contributed by atoms with E-state index in [1.54, 1.807) is 12.5 Å². The maximum Gasteiger partial charge on any atom is 0.213 e. The first-order valence-corrected chi connectivity index (χ1v) is 7.59. The van der Waals surface area contributed by atoms with Crippen LogP contribution in [0.2, 0.25) is 0 Å². The smallest absolute Gasteiger partial charge is 0.213 e. The van der Waals surface area contributed by atoms with Gasteiger partial charge in [0.1, 0.15) is 0 Å². The summed E-state index contributed by atoms with van der Waals surface area (Å²) in [4.78, 5) is 4.11. The topological polar surface area (TPSA) is 36.3 Å². The lowest BCUT2D eigenvalue weighted by Gasteiger charge is -2.37. The molecule has 1 aliphatic heterocycles. The summed E-state index contributed by atoms with van der Waals surface area (Å²) in [6.45, 7) is 2.02. The molecule has 1 saturated heterocycles. The number of ether oxygens (including phenoxy) is 2. The number of fused-ring (bicyclic) bond motifs is 1. The third-order valence-corrected chi connectivity index (χ3v) is 4.10. The van der Waals surface area contributed by atoms with Crippen molar-refractivity contribution >= 4 is 23.2 Å². The molecule has 0 radical (unpaired) electrons. The Morgan fingerprint density at radius 3 is 2.57 bits per heavy atom. The summed E-state index contributed by atoms with van der Waals surface area (Å²) >= 11 is 0. The molecule has 0 aliphatic carbocycles. The van der Waals surface area contributed by atoms with Gasteiger partial charge < -0.3 is 14.0 Å². The Morgan fingerprint density at radius 1 is 1.04 bits per heavy atom. The molecule has 23 heavy (non-hydrogen) atoms. The molecule has 0 amide bonds. The van der Waals surface area contributed by atoms with E-state index in [0.717, 1.165) is 12.0 Å². The normalized spacial score (nSPS) is 16.9. The van der Waals surface area contributed by atoms with Crippen molar-refractivity contribution in [3.63, 3.8) is 0 Å². The van der Waals surface area contributed by atoms with Crippen LogP contribution in [0.5, 0.6) is 0 Å². The summed E-state index contributed by atoms with van der Waals surface area (Å²) < 4.78 is 14.2. The van der Waals surface area contributed by atoms with Crippen LogP contribution in [0.25, 0.3) is 10.8 Å². The average Bonchev–Trinajstić information content (AvgIpc) is 3.08. The van der Waals surface area contributed by atoms with Crippen molar-refractivity contribution in [2.75, 3.05) is 13.2 Å². The zero-order chi connectivity index (χ0) is 14.8. The van der Waals surface area contributed by atoms with E-state index in [4.69, 9.17) is 9.47 Å². The standard InChI is InChI=1S/C18H18N2O2.ClH/c1-2-5-16-12-17(7-6-15(16)4-1)18(21-10-3-11-22-18)13-20-9-8-19-14-20;/h1-2,4-9,12,14H,3,10-11,13H2;1H. The zero-order valence-corrected chi connectivity index (χ0v) is 13.5. The SMILES string of the molecule is Cl.c1ccc2cc(C3(Cn4ccnc4)OCCCO3)ccc2c1. The Morgan fingerprint density at radius 2 is 1.83 bits per heavy atom. The highest BCUT2D eigenvalue weighted by molar-refractivity contribution is 5.85. The van der Waals surface area contributed by atoms with E-state index in [1.165, 1.54) is 10.8 Å². The Bertz CT molecular complexity index is 768. The largest absolute Gasteiger partial charge is 0.344 e. The van der Waals surface area contributed by atoms with Gasteiger partial charge in [-0.25, -0.2) is 4.98 Å². The van der Waals surface area contributed by atoms with Crippen LogP contribution in [-0.4, -0.2) is 22.8 Å². The summed E-state index contributed by atoms with van der Waals surface area (Å²) in [6.07, 6.45) is 6.43. The molecule has 2 heterocycles. The number of aromatic nitrogens is 2. The maximum absolute atomic E-state index is 6.10. The third-order valence-electron chi connectivity index (χ3n) is 4.10. The number of rotatable bonds is 3. The molecule has 0 N–H and O–H groups in total. The van der Waals surface area contributed by atoms with Gasteiger partial charge in [-0.05, 0) is 23.3 Å². The molecule has 0 saturated carbocycles. The predicted octanol–water partition coefficient (Wildman–Crippen LogP) is 3.75. The molecule has 0 unspecified atom stereocenters. The average molecular weight is 331 g/mol. The fourth-order valence-electron chi connectivity index (χ4n) is 2.97. The van der Waals surface area contributed by atoms with E-state index in [9.17, 15) is 0 Å². The second-order valence-electron chi connectivity index (χ2n) is 5.60. The van der Waals surface area contributed by atoms with Gasteiger partial charge in [0.2, 0.25) is 5.79 Å². The lowest BCUT2D eigenvalue weighted by Crippen LogP contribution is -2.41. The number of nitrogens with zero attached hydrogens (tertiary/aromatic N) is 2.